The molecule has 1 aliphatic rings. The molecule has 1 aliphatic heterocycles. The van der Waals surface area contributed by atoms with Gasteiger partial charge in [0.05, 0.1) is 15.1 Å². The van der Waals surface area contributed by atoms with Crippen molar-refractivity contribution in [2.75, 3.05) is 6.54 Å². The molecule has 4 rings (SSSR count). The zero-order valence-electron chi connectivity index (χ0n) is 18.9. The van der Waals surface area contributed by atoms with Crippen LogP contribution in [0.2, 0.25) is 5.02 Å². The van der Waals surface area contributed by atoms with Crippen molar-refractivity contribution in [3.63, 3.8) is 0 Å². The van der Waals surface area contributed by atoms with Crippen molar-refractivity contribution < 1.29 is 9.53 Å². The van der Waals surface area contributed by atoms with E-state index in [1.165, 1.54) is 17.3 Å². The summed E-state index contributed by atoms with van der Waals surface area (Å²) < 4.78 is 6.81. The SMILES string of the molecule is CCCN1C(=O)/C(=C/c2ccc(OCc3ccc(C)cc3)c(Br)c2)SC1=Nc1ccc(Cl)cc1. The van der Waals surface area contributed by atoms with Gasteiger partial charge in [-0.15, -0.1) is 0 Å². The predicted molar refractivity (Wildman–Crippen MR) is 146 cm³/mol. The van der Waals surface area contributed by atoms with Crippen LogP contribution in [0.15, 0.2) is 81.1 Å². The summed E-state index contributed by atoms with van der Waals surface area (Å²) in [5.41, 5.74) is 4.01. The quantitative estimate of drug-likeness (QED) is 0.277. The minimum atomic E-state index is -0.0321. The molecule has 0 atom stereocenters. The van der Waals surface area contributed by atoms with Crippen LogP contribution in [0.4, 0.5) is 5.69 Å². The molecule has 0 N–H and O–H groups in total. The van der Waals surface area contributed by atoms with Gasteiger partial charge in [-0.3, -0.25) is 9.69 Å². The number of aryl methyl sites for hydroxylation is 1. The molecule has 0 aliphatic carbocycles. The number of nitrogens with zero attached hydrogens (tertiary/aromatic N) is 2. The van der Waals surface area contributed by atoms with E-state index in [2.05, 4.69) is 52.1 Å². The summed E-state index contributed by atoms with van der Waals surface area (Å²) in [5.74, 6) is 0.723. The Bertz CT molecular complexity index is 1240. The van der Waals surface area contributed by atoms with Gasteiger partial charge in [0.25, 0.3) is 5.91 Å². The first-order valence-corrected chi connectivity index (χ1v) is 13.0. The van der Waals surface area contributed by atoms with Crippen LogP contribution < -0.4 is 4.74 Å². The van der Waals surface area contributed by atoms with E-state index in [4.69, 9.17) is 16.3 Å². The van der Waals surface area contributed by atoms with Crippen molar-refractivity contribution in [2.45, 2.75) is 26.9 Å². The van der Waals surface area contributed by atoms with Crippen molar-refractivity contribution in [1.29, 1.82) is 0 Å². The third-order valence-corrected chi connectivity index (χ3v) is 7.03. The fourth-order valence-corrected chi connectivity index (χ4v) is 5.02. The van der Waals surface area contributed by atoms with Crippen LogP contribution in [0.5, 0.6) is 5.75 Å². The molecule has 1 saturated heterocycles. The fourth-order valence-electron chi connectivity index (χ4n) is 3.36. The number of amidine groups is 1. The lowest BCUT2D eigenvalue weighted by atomic mass is 10.1. The van der Waals surface area contributed by atoms with Crippen LogP contribution in [0.3, 0.4) is 0 Å². The largest absolute Gasteiger partial charge is 0.488 e. The van der Waals surface area contributed by atoms with Gasteiger partial charge in [-0.25, -0.2) is 4.99 Å². The molecule has 174 valence electrons. The van der Waals surface area contributed by atoms with E-state index in [-0.39, 0.29) is 5.91 Å². The standard InChI is InChI=1S/C27H24BrClN2O2S/c1-3-14-31-26(32)25(34-27(31)30-22-11-9-21(29)10-12-22)16-20-8-13-24(23(28)15-20)33-17-19-6-4-18(2)5-7-19/h4-13,15-16H,3,14,17H2,1-2H3/b25-16-,30-27?. The molecule has 7 heteroatoms. The molecule has 0 unspecified atom stereocenters. The Balaban J connectivity index is 1.51. The van der Waals surface area contributed by atoms with Crippen LogP contribution >= 0.6 is 39.3 Å². The number of rotatable bonds is 7. The maximum Gasteiger partial charge on any atom is 0.266 e. The number of benzene rings is 3. The number of thioether (sulfide) groups is 1. The molecule has 0 spiro atoms. The number of carbonyl (C=O) groups is 1. The molecule has 4 nitrogen and oxygen atoms in total. The van der Waals surface area contributed by atoms with E-state index in [0.29, 0.717) is 28.2 Å². The molecule has 3 aromatic carbocycles. The van der Waals surface area contributed by atoms with Gasteiger partial charge in [-0.1, -0.05) is 54.4 Å². The fraction of sp³-hybridized carbons (Fsp3) is 0.185. The van der Waals surface area contributed by atoms with Gasteiger partial charge in [0.15, 0.2) is 5.17 Å². The van der Waals surface area contributed by atoms with E-state index >= 15 is 0 Å². The average molecular weight is 556 g/mol. The highest BCUT2D eigenvalue weighted by molar-refractivity contribution is 9.10. The van der Waals surface area contributed by atoms with E-state index in [9.17, 15) is 4.79 Å². The second-order valence-corrected chi connectivity index (χ2v) is 10.2. The molecule has 1 amide bonds. The lowest BCUT2D eigenvalue weighted by molar-refractivity contribution is -0.122. The lowest BCUT2D eigenvalue weighted by Gasteiger charge is -2.13. The minimum absolute atomic E-state index is 0.0321. The maximum atomic E-state index is 13.1. The molecule has 1 heterocycles. The monoisotopic (exact) mass is 554 g/mol. The van der Waals surface area contributed by atoms with Crippen molar-refractivity contribution in [3.05, 3.63) is 97.8 Å². The molecule has 34 heavy (non-hydrogen) atoms. The van der Waals surface area contributed by atoms with Crippen LogP contribution in [-0.2, 0) is 11.4 Å². The van der Waals surface area contributed by atoms with Gasteiger partial charge in [-0.05, 0) is 94.6 Å². The highest BCUT2D eigenvalue weighted by Crippen LogP contribution is 2.35. The number of aliphatic imine (C=N–C) groups is 1. The van der Waals surface area contributed by atoms with Gasteiger partial charge in [0.1, 0.15) is 12.4 Å². The summed E-state index contributed by atoms with van der Waals surface area (Å²) in [6, 6.07) is 21.4. The van der Waals surface area contributed by atoms with Crippen molar-refractivity contribution in [2.24, 2.45) is 4.99 Å². The van der Waals surface area contributed by atoms with Crippen molar-refractivity contribution >= 4 is 62.1 Å². The summed E-state index contributed by atoms with van der Waals surface area (Å²) in [4.78, 5) is 20.2. The van der Waals surface area contributed by atoms with Crippen molar-refractivity contribution in [3.8, 4) is 5.75 Å². The smallest absolute Gasteiger partial charge is 0.266 e. The van der Waals surface area contributed by atoms with Crippen LogP contribution in [-0.4, -0.2) is 22.5 Å². The van der Waals surface area contributed by atoms with Gasteiger partial charge in [0.2, 0.25) is 0 Å². The highest BCUT2D eigenvalue weighted by atomic mass is 79.9. The van der Waals surface area contributed by atoms with E-state index in [1.807, 2.05) is 43.3 Å². The summed E-state index contributed by atoms with van der Waals surface area (Å²) >= 11 is 11.0. The van der Waals surface area contributed by atoms with Gasteiger partial charge >= 0.3 is 0 Å². The van der Waals surface area contributed by atoms with Gasteiger partial charge in [-0.2, -0.15) is 0 Å². The third kappa shape index (κ3) is 6.12. The zero-order valence-corrected chi connectivity index (χ0v) is 22.1. The van der Waals surface area contributed by atoms with Crippen LogP contribution in [0, 0.1) is 6.92 Å². The third-order valence-electron chi connectivity index (χ3n) is 5.16. The first kappa shape index (κ1) is 24.6. The number of carbonyl (C=O) groups excluding carboxylic acids is 1. The lowest BCUT2D eigenvalue weighted by Crippen LogP contribution is -2.29. The summed E-state index contributed by atoms with van der Waals surface area (Å²) in [7, 11) is 0. The summed E-state index contributed by atoms with van der Waals surface area (Å²) in [5, 5.41) is 1.33. The predicted octanol–water partition coefficient (Wildman–Crippen LogP) is 8.00. The molecule has 0 radical (unpaired) electrons. The van der Waals surface area contributed by atoms with Gasteiger partial charge < -0.3 is 4.74 Å². The number of amides is 1. The Morgan fingerprint density at radius 2 is 1.82 bits per heavy atom. The molecule has 1 fully saturated rings. The summed E-state index contributed by atoms with van der Waals surface area (Å²) in [6.45, 7) is 5.22. The van der Waals surface area contributed by atoms with Gasteiger partial charge in [0, 0.05) is 11.6 Å². The molecule has 0 saturated carbocycles. The maximum absolute atomic E-state index is 13.1. The molecular formula is C27H24BrClN2O2S. The Kier molecular flexibility index (Phi) is 8.14. The number of halogens is 2. The van der Waals surface area contributed by atoms with E-state index in [1.54, 1.807) is 17.0 Å². The molecular weight excluding hydrogens is 532 g/mol. The Morgan fingerprint density at radius 3 is 2.50 bits per heavy atom. The Hall–Kier alpha value is -2.54. The Morgan fingerprint density at radius 1 is 1.09 bits per heavy atom. The Labute approximate surface area is 217 Å². The number of ether oxygens (including phenoxy) is 1. The number of hydrogen-bond acceptors (Lipinski definition) is 4. The zero-order chi connectivity index (χ0) is 24.1. The first-order chi connectivity index (χ1) is 16.4. The summed E-state index contributed by atoms with van der Waals surface area (Å²) in [6.07, 6.45) is 2.74. The van der Waals surface area contributed by atoms with E-state index in [0.717, 1.165) is 33.5 Å². The van der Waals surface area contributed by atoms with Crippen LogP contribution in [0.1, 0.15) is 30.0 Å². The topological polar surface area (TPSA) is 41.9 Å². The minimum Gasteiger partial charge on any atom is -0.488 e. The highest BCUT2D eigenvalue weighted by Gasteiger charge is 2.32. The normalized spacial score (nSPS) is 16.0. The second kappa shape index (κ2) is 11.3. The van der Waals surface area contributed by atoms with E-state index < -0.39 is 0 Å². The molecule has 0 bridgehead atoms. The molecule has 0 aromatic heterocycles. The average Bonchev–Trinajstić information content (AvgIpc) is 3.10. The molecule has 3 aromatic rings. The van der Waals surface area contributed by atoms with Crippen LogP contribution in [0.25, 0.3) is 6.08 Å². The van der Waals surface area contributed by atoms with Crippen molar-refractivity contribution in [1.82, 2.24) is 4.90 Å². The second-order valence-electron chi connectivity index (χ2n) is 7.90. The first-order valence-electron chi connectivity index (χ1n) is 11.0. The number of hydrogen-bond donors (Lipinski definition) is 0.